The van der Waals surface area contributed by atoms with E-state index in [1.807, 2.05) is 0 Å². The van der Waals surface area contributed by atoms with Crippen LogP contribution in [-0.2, 0) is 4.74 Å². The molecular formula is C9H13F3N2O2S. The Morgan fingerprint density at radius 2 is 2.24 bits per heavy atom. The molecule has 2 rings (SSSR count). The molecule has 2 aliphatic rings. The smallest absolute Gasteiger partial charge is 0.381 e. The summed E-state index contributed by atoms with van der Waals surface area (Å²) in [4.78, 5) is 3.93. The van der Waals surface area contributed by atoms with Gasteiger partial charge in [0.1, 0.15) is 5.44 Å². The number of nitrogens with zero attached hydrogens (tertiary/aromatic N) is 1. The fraction of sp³-hybridized carbons (Fsp3) is 0.889. The second kappa shape index (κ2) is 4.66. The summed E-state index contributed by atoms with van der Waals surface area (Å²) in [6.07, 6.45) is -7.50. The summed E-state index contributed by atoms with van der Waals surface area (Å²) >= 11 is 1.26. The van der Waals surface area contributed by atoms with Crippen LogP contribution in [0, 0.1) is 0 Å². The van der Waals surface area contributed by atoms with Crippen molar-refractivity contribution < 1.29 is 23.0 Å². The van der Waals surface area contributed by atoms with Crippen LogP contribution < -0.4 is 5.32 Å². The number of aliphatic hydroxyl groups excluding tert-OH is 1. The van der Waals surface area contributed by atoms with Gasteiger partial charge in [0.05, 0.1) is 12.1 Å². The largest absolute Gasteiger partial charge is 0.416 e. The van der Waals surface area contributed by atoms with Gasteiger partial charge in [-0.3, -0.25) is 4.99 Å². The molecule has 2 fully saturated rings. The summed E-state index contributed by atoms with van der Waals surface area (Å²) in [5, 5.41) is 12.9. The van der Waals surface area contributed by atoms with E-state index in [-0.39, 0.29) is 12.5 Å². The summed E-state index contributed by atoms with van der Waals surface area (Å²) in [5.74, 6) is 0. The lowest BCUT2D eigenvalue weighted by Gasteiger charge is -2.34. The number of alkyl halides is 3. The maximum absolute atomic E-state index is 12.3. The molecule has 0 amide bonds. The van der Waals surface area contributed by atoms with Gasteiger partial charge in [0.25, 0.3) is 0 Å². The third kappa shape index (κ3) is 2.69. The van der Waals surface area contributed by atoms with E-state index < -0.39 is 23.8 Å². The fourth-order valence-electron chi connectivity index (χ4n) is 1.93. The second-order valence-electron chi connectivity index (χ2n) is 4.00. The topological polar surface area (TPSA) is 53.9 Å². The zero-order valence-corrected chi connectivity index (χ0v) is 9.88. The van der Waals surface area contributed by atoms with Gasteiger partial charge >= 0.3 is 6.18 Å². The van der Waals surface area contributed by atoms with Crippen LogP contribution >= 0.6 is 11.8 Å². The number of hydrogen-bond acceptors (Lipinski definition) is 4. The highest BCUT2D eigenvalue weighted by atomic mass is 32.2. The zero-order chi connectivity index (χ0) is 12.6. The first-order chi connectivity index (χ1) is 7.91. The van der Waals surface area contributed by atoms with Crippen LogP contribution in [0.1, 0.15) is 12.8 Å². The standard InChI is InChI=1S/C9H13F3N2O2S/c1-13-8-14-4-2-3-5(16-7(4)17-8)6(15)9(10,11)12/h4-7,15H,2-3H2,1H3,(H,13,14)/t4-,5+,6?,7-/m1/s1. The molecule has 0 aliphatic carbocycles. The highest BCUT2D eigenvalue weighted by molar-refractivity contribution is 8.14. The average Bonchev–Trinajstić information content (AvgIpc) is 2.68. The van der Waals surface area contributed by atoms with E-state index >= 15 is 0 Å². The Labute approximate surface area is 101 Å². The van der Waals surface area contributed by atoms with Crippen molar-refractivity contribution in [2.24, 2.45) is 4.99 Å². The van der Waals surface area contributed by atoms with Gasteiger partial charge in [-0.05, 0) is 12.8 Å². The predicted molar refractivity (Wildman–Crippen MR) is 57.8 cm³/mol. The lowest BCUT2D eigenvalue weighted by atomic mass is 10.0. The van der Waals surface area contributed by atoms with Crippen molar-refractivity contribution in [3.8, 4) is 0 Å². The lowest BCUT2D eigenvalue weighted by molar-refractivity contribution is -0.244. The first-order valence-corrected chi connectivity index (χ1v) is 6.10. The second-order valence-corrected chi connectivity index (χ2v) is 5.09. The summed E-state index contributed by atoms with van der Waals surface area (Å²) in [7, 11) is 1.61. The van der Waals surface area contributed by atoms with Crippen molar-refractivity contribution in [3.63, 3.8) is 0 Å². The van der Waals surface area contributed by atoms with Crippen molar-refractivity contribution in [1.29, 1.82) is 0 Å². The molecule has 98 valence electrons. The first kappa shape index (κ1) is 13.0. The van der Waals surface area contributed by atoms with Gasteiger partial charge in [0, 0.05) is 7.05 Å². The Morgan fingerprint density at radius 3 is 2.82 bits per heavy atom. The molecule has 0 aromatic heterocycles. The number of hydrogen-bond donors (Lipinski definition) is 2. The minimum absolute atomic E-state index is 0.0182. The van der Waals surface area contributed by atoms with Crippen molar-refractivity contribution in [2.75, 3.05) is 7.05 Å². The molecule has 0 radical (unpaired) electrons. The van der Waals surface area contributed by atoms with Crippen molar-refractivity contribution >= 4 is 16.9 Å². The molecule has 1 unspecified atom stereocenters. The van der Waals surface area contributed by atoms with E-state index in [0.29, 0.717) is 11.6 Å². The van der Waals surface area contributed by atoms with E-state index in [1.165, 1.54) is 11.8 Å². The van der Waals surface area contributed by atoms with Crippen molar-refractivity contribution in [1.82, 2.24) is 5.32 Å². The first-order valence-electron chi connectivity index (χ1n) is 5.22. The van der Waals surface area contributed by atoms with Gasteiger partial charge in [-0.25, -0.2) is 0 Å². The van der Waals surface area contributed by atoms with E-state index in [1.54, 1.807) is 7.05 Å². The summed E-state index contributed by atoms with van der Waals surface area (Å²) in [6.45, 7) is 0. The van der Waals surface area contributed by atoms with Crippen LogP contribution in [0.3, 0.4) is 0 Å². The molecule has 2 saturated heterocycles. The van der Waals surface area contributed by atoms with Gasteiger partial charge in [-0.2, -0.15) is 13.2 Å². The molecule has 17 heavy (non-hydrogen) atoms. The molecule has 2 heterocycles. The normalized spacial score (nSPS) is 37.7. The number of nitrogens with one attached hydrogen (secondary N) is 1. The summed E-state index contributed by atoms with van der Waals surface area (Å²) < 4.78 is 42.3. The molecule has 8 heteroatoms. The third-order valence-electron chi connectivity index (χ3n) is 2.83. The number of rotatable bonds is 1. The van der Waals surface area contributed by atoms with E-state index in [9.17, 15) is 13.2 Å². The number of halogens is 3. The number of amidine groups is 1. The third-order valence-corrected chi connectivity index (χ3v) is 4.02. The molecule has 4 nitrogen and oxygen atoms in total. The SMILES string of the molecule is CN=C1N[C@@H]2CC[C@@H](C(O)C(F)(F)F)O[C@@H]2S1. The van der Waals surface area contributed by atoms with Gasteiger partial charge in [0.2, 0.25) is 0 Å². The number of thioether (sulfide) groups is 1. The maximum atomic E-state index is 12.3. The molecule has 0 bridgehead atoms. The predicted octanol–water partition coefficient (Wildman–Crippen LogP) is 1.11. The minimum atomic E-state index is -4.63. The van der Waals surface area contributed by atoms with Crippen molar-refractivity contribution in [3.05, 3.63) is 0 Å². The van der Waals surface area contributed by atoms with Crippen LogP contribution in [0.25, 0.3) is 0 Å². The van der Waals surface area contributed by atoms with E-state index in [4.69, 9.17) is 9.84 Å². The van der Waals surface area contributed by atoms with E-state index in [2.05, 4.69) is 10.3 Å². The Kier molecular flexibility index (Phi) is 3.55. The van der Waals surface area contributed by atoms with E-state index in [0.717, 1.165) is 0 Å². The number of aliphatic hydroxyl groups is 1. The summed E-state index contributed by atoms with van der Waals surface area (Å²) in [5.41, 5.74) is -0.399. The van der Waals surface area contributed by atoms with Gasteiger partial charge in [-0.15, -0.1) is 0 Å². The lowest BCUT2D eigenvalue weighted by Crippen LogP contribution is -2.48. The molecule has 4 atom stereocenters. The van der Waals surface area contributed by atoms with Crippen LogP contribution in [0.15, 0.2) is 4.99 Å². The van der Waals surface area contributed by atoms with Crippen LogP contribution in [0.4, 0.5) is 13.2 Å². The molecule has 2 aliphatic heterocycles. The van der Waals surface area contributed by atoms with Crippen LogP contribution in [0.5, 0.6) is 0 Å². The molecule has 0 aromatic rings. The summed E-state index contributed by atoms with van der Waals surface area (Å²) in [6, 6.07) is -0.0182. The number of fused-ring (bicyclic) bond motifs is 1. The molecule has 0 spiro atoms. The maximum Gasteiger partial charge on any atom is 0.416 e. The van der Waals surface area contributed by atoms with Gasteiger partial charge in [0.15, 0.2) is 11.3 Å². The van der Waals surface area contributed by atoms with Crippen molar-refractivity contribution in [2.45, 2.75) is 42.7 Å². The number of aliphatic imine (C=N–C) groups is 1. The molecule has 0 saturated carbocycles. The Hall–Kier alpha value is -0.470. The van der Waals surface area contributed by atoms with Gasteiger partial charge in [-0.1, -0.05) is 11.8 Å². The zero-order valence-electron chi connectivity index (χ0n) is 9.07. The minimum Gasteiger partial charge on any atom is -0.381 e. The van der Waals surface area contributed by atoms with Crippen LogP contribution in [-0.4, -0.2) is 47.2 Å². The van der Waals surface area contributed by atoms with Gasteiger partial charge < -0.3 is 15.2 Å². The Morgan fingerprint density at radius 1 is 1.53 bits per heavy atom. The molecule has 0 aromatic carbocycles. The van der Waals surface area contributed by atoms with Crippen LogP contribution in [0.2, 0.25) is 0 Å². The quantitative estimate of drug-likeness (QED) is 0.749. The molecular weight excluding hydrogens is 257 g/mol. The average molecular weight is 270 g/mol. The number of ether oxygens (including phenoxy) is 1. The fourth-order valence-corrected chi connectivity index (χ4v) is 3.04. The Bertz CT molecular complexity index is 324. The Balaban J connectivity index is 1.99. The molecule has 2 N–H and O–H groups in total. The highest BCUT2D eigenvalue weighted by Crippen LogP contribution is 2.36. The highest BCUT2D eigenvalue weighted by Gasteiger charge is 2.48. The monoisotopic (exact) mass is 270 g/mol.